The zero-order valence-electron chi connectivity index (χ0n) is 23.1. The van der Waals surface area contributed by atoms with Crippen molar-refractivity contribution < 1.29 is 61.7 Å². The molecule has 0 saturated heterocycles. The highest BCUT2D eigenvalue weighted by atomic mass is 32.2. The Hall–Kier alpha value is -2.46. The molecule has 0 heterocycles. The molecule has 0 bridgehead atoms. The van der Waals surface area contributed by atoms with Gasteiger partial charge in [-0.2, -0.15) is 47.9 Å². The molecule has 6 atom stereocenters. The summed E-state index contributed by atoms with van der Waals surface area (Å²) in [5.41, 5.74) is -6.38. The minimum atomic E-state index is -5.83. The SMILES string of the molecule is C[C@]12CC[C@H]3[C@@H](CC=C4C=C(OS(=O)(=O)C(F)(F)F)CC[C@@]43C)[C@@H]1CC[C@@H]2C(=O)N(CC(F)(F)F)C(=O)NCC(F)(F)F. The molecule has 2 saturated carbocycles. The quantitative estimate of drug-likeness (QED) is 0.205. The largest absolute Gasteiger partial charge is 0.534 e. The van der Waals surface area contributed by atoms with E-state index in [2.05, 4.69) is 4.18 Å². The predicted octanol–water partition coefficient (Wildman–Crippen LogP) is 6.59. The van der Waals surface area contributed by atoms with Crippen LogP contribution in [0.1, 0.15) is 58.8 Å². The van der Waals surface area contributed by atoms with Crippen LogP contribution < -0.4 is 5.32 Å². The summed E-state index contributed by atoms with van der Waals surface area (Å²) in [4.78, 5) is 25.7. The minimum Gasteiger partial charge on any atom is -0.381 e. The number of alkyl halides is 9. The van der Waals surface area contributed by atoms with Crippen LogP contribution >= 0.6 is 0 Å². The molecule has 0 aliphatic heterocycles. The molecule has 7 nitrogen and oxygen atoms in total. The monoisotopic (exact) mass is 654 g/mol. The third-order valence-electron chi connectivity index (χ3n) is 9.82. The molecule has 4 aliphatic carbocycles. The van der Waals surface area contributed by atoms with Gasteiger partial charge in [-0.1, -0.05) is 19.9 Å². The van der Waals surface area contributed by atoms with Gasteiger partial charge in [0.2, 0.25) is 5.91 Å². The molecule has 244 valence electrons. The van der Waals surface area contributed by atoms with E-state index in [0.29, 0.717) is 31.3 Å². The lowest BCUT2D eigenvalue weighted by atomic mass is 9.48. The second-order valence-electron chi connectivity index (χ2n) is 12.3. The molecule has 0 aromatic heterocycles. The number of fused-ring (bicyclic) bond motifs is 5. The van der Waals surface area contributed by atoms with Crippen LogP contribution in [-0.4, -0.2) is 56.2 Å². The Kier molecular flexibility index (Phi) is 8.44. The summed E-state index contributed by atoms with van der Waals surface area (Å²) in [5, 5.41) is 1.36. The number of rotatable bonds is 5. The summed E-state index contributed by atoms with van der Waals surface area (Å²) >= 11 is 0. The second kappa shape index (κ2) is 10.9. The summed E-state index contributed by atoms with van der Waals surface area (Å²) in [6, 6.07) is -1.78. The number of imide groups is 1. The van der Waals surface area contributed by atoms with Gasteiger partial charge in [-0.15, -0.1) is 0 Å². The highest BCUT2D eigenvalue weighted by molar-refractivity contribution is 7.87. The van der Waals surface area contributed by atoms with Crippen molar-refractivity contribution in [2.45, 2.75) is 76.7 Å². The molecule has 0 spiro atoms. The predicted molar refractivity (Wildman–Crippen MR) is 132 cm³/mol. The van der Waals surface area contributed by atoms with Crippen LogP contribution in [-0.2, 0) is 19.1 Å². The lowest BCUT2D eigenvalue weighted by Crippen LogP contribution is -2.55. The number of allylic oxidation sites excluding steroid dienone is 4. The number of hydrogen-bond donors (Lipinski definition) is 1. The average molecular weight is 655 g/mol. The molecule has 2 fully saturated rings. The Labute approximate surface area is 242 Å². The van der Waals surface area contributed by atoms with Gasteiger partial charge in [-0.3, -0.25) is 9.69 Å². The van der Waals surface area contributed by atoms with E-state index in [4.69, 9.17) is 0 Å². The van der Waals surface area contributed by atoms with E-state index in [0.717, 1.165) is 0 Å². The first-order valence-electron chi connectivity index (χ1n) is 13.6. The van der Waals surface area contributed by atoms with E-state index in [1.165, 1.54) is 11.4 Å². The molecular formula is C26H31F9N2O5S. The summed E-state index contributed by atoms with van der Waals surface area (Å²) in [6.45, 7) is -0.279. The fourth-order valence-corrected chi connectivity index (χ4v) is 8.36. The first kappa shape index (κ1) is 33.4. The minimum absolute atomic E-state index is 0.0437. The van der Waals surface area contributed by atoms with Crippen LogP contribution in [0.3, 0.4) is 0 Å². The zero-order valence-corrected chi connectivity index (χ0v) is 23.9. The number of nitrogens with zero attached hydrogens (tertiary/aromatic N) is 1. The van der Waals surface area contributed by atoms with Crippen LogP contribution in [0.15, 0.2) is 23.5 Å². The lowest BCUT2D eigenvalue weighted by Gasteiger charge is -2.57. The highest BCUT2D eigenvalue weighted by Gasteiger charge is 2.61. The van der Waals surface area contributed by atoms with E-state index in [9.17, 15) is 57.5 Å². The average Bonchev–Trinajstić information content (AvgIpc) is 3.21. The first-order chi connectivity index (χ1) is 19.5. The van der Waals surface area contributed by atoms with Crippen LogP contribution in [0.25, 0.3) is 0 Å². The summed E-state index contributed by atoms with van der Waals surface area (Å²) < 4.78 is 144. The fraction of sp³-hybridized carbons (Fsp3) is 0.769. The number of nitrogens with one attached hydrogen (secondary N) is 1. The topological polar surface area (TPSA) is 92.8 Å². The van der Waals surface area contributed by atoms with Crippen molar-refractivity contribution in [1.82, 2.24) is 10.2 Å². The van der Waals surface area contributed by atoms with Crippen LogP contribution in [0.5, 0.6) is 0 Å². The van der Waals surface area contributed by atoms with Crippen LogP contribution in [0.2, 0.25) is 0 Å². The Morgan fingerprint density at radius 3 is 2.21 bits per heavy atom. The van der Waals surface area contributed by atoms with E-state index in [-0.39, 0.29) is 47.7 Å². The third kappa shape index (κ3) is 6.51. The molecule has 0 unspecified atom stereocenters. The molecule has 4 aliphatic rings. The van der Waals surface area contributed by atoms with E-state index in [1.54, 1.807) is 13.0 Å². The summed E-state index contributed by atoms with van der Waals surface area (Å²) in [7, 11) is -5.83. The van der Waals surface area contributed by atoms with Gasteiger partial charge >= 0.3 is 34.0 Å². The molecule has 0 radical (unpaired) electrons. The summed E-state index contributed by atoms with van der Waals surface area (Å²) in [6.07, 6.45) is -4.84. The van der Waals surface area contributed by atoms with Gasteiger partial charge in [0.15, 0.2) is 0 Å². The standard InChI is InChI=1S/C26H31F9N2O5S/c1-22-9-7-15(42-43(40,41)26(33,34)35)11-14(22)3-4-16-17-5-6-19(23(17,2)10-8-18(16)22)20(38)37(13-25(30,31)32)21(39)36-12-24(27,28)29/h3,11,16-19H,4-10,12-13H2,1-2H3,(H,36,39)/t16-,17-,18-,19+,22-,23-/m0/s1. The summed E-state index contributed by atoms with van der Waals surface area (Å²) in [5.74, 6) is -2.87. The molecule has 43 heavy (non-hydrogen) atoms. The van der Waals surface area contributed by atoms with Gasteiger partial charge in [0.25, 0.3) is 0 Å². The Bertz CT molecular complexity index is 1310. The van der Waals surface area contributed by atoms with E-state index in [1.807, 2.05) is 6.92 Å². The molecule has 0 aromatic rings. The van der Waals surface area contributed by atoms with Gasteiger partial charge in [0, 0.05) is 12.3 Å². The van der Waals surface area contributed by atoms with Crippen molar-refractivity contribution in [3.63, 3.8) is 0 Å². The maximum absolute atomic E-state index is 13.4. The molecular weight excluding hydrogens is 623 g/mol. The van der Waals surface area contributed by atoms with Crippen LogP contribution in [0, 0.1) is 34.5 Å². The van der Waals surface area contributed by atoms with Gasteiger partial charge in [-0.05, 0) is 78.8 Å². The van der Waals surface area contributed by atoms with Crippen molar-refractivity contribution >= 4 is 22.1 Å². The Morgan fingerprint density at radius 1 is 0.977 bits per heavy atom. The highest BCUT2D eigenvalue weighted by Crippen LogP contribution is 2.66. The molecule has 3 amide bonds. The third-order valence-corrected chi connectivity index (χ3v) is 10.8. The number of carbonyl (C=O) groups is 2. The molecule has 17 heteroatoms. The lowest BCUT2D eigenvalue weighted by molar-refractivity contribution is -0.162. The van der Waals surface area contributed by atoms with Gasteiger partial charge in [-0.25, -0.2) is 4.79 Å². The maximum Gasteiger partial charge on any atom is 0.534 e. The van der Waals surface area contributed by atoms with Crippen molar-refractivity contribution in [1.29, 1.82) is 0 Å². The number of carbonyl (C=O) groups excluding carboxylic acids is 2. The Balaban J connectivity index is 1.56. The van der Waals surface area contributed by atoms with Gasteiger partial charge < -0.3 is 9.50 Å². The maximum atomic E-state index is 13.4. The van der Waals surface area contributed by atoms with Gasteiger partial charge in [0.1, 0.15) is 18.8 Å². The first-order valence-corrected chi connectivity index (χ1v) is 15.0. The fourth-order valence-electron chi connectivity index (χ4n) is 7.85. The molecule has 0 aromatic carbocycles. The van der Waals surface area contributed by atoms with Crippen molar-refractivity contribution in [2.24, 2.45) is 34.5 Å². The number of amides is 3. The normalized spacial score (nSPS) is 32.9. The van der Waals surface area contributed by atoms with Crippen LogP contribution in [0.4, 0.5) is 44.3 Å². The van der Waals surface area contributed by atoms with Crippen molar-refractivity contribution in [3.05, 3.63) is 23.5 Å². The van der Waals surface area contributed by atoms with Gasteiger partial charge in [0.05, 0.1) is 0 Å². The number of urea groups is 1. The Morgan fingerprint density at radius 2 is 1.63 bits per heavy atom. The van der Waals surface area contributed by atoms with E-state index < -0.39 is 69.8 Å². The molecule has 4 rings (SSSR count). The number of halogens is 9. The van der Waals surface area contributed by atoms with Crippen molar-refractivity contribution in [2.75, 3.05) is 13.1 Å². The number of hydrogen-bond acceptors (Lipinski definition) is 5. The smallest absolute Gasteiger partial charge is 0.381 e. The zero-order chi connectivity index (χ0) is 32.4. The van der Waals surface area contributed by atoms with E-state index >= 15 is 0 Å². The van der Waals surface area contributed by atoms with Crippen molar-refractivity contribution in [3.8, 4) is 0 Å². The second-order valence-corrected chi connectivity index (χ2v) is 13.8. The molecule has 1 N–H and O–H groups in total.